The monoisotopic (exact) mass is 362 g/mol. The summed E-state index contributed by atoms with van der Waals surface area (Å²) in [4.78, 5) is 8.59. The third-order valence-corrected chi connectivity index (χ3v) is 3.74. The van der Waals surface area contributed by atoms with E-state index in [1.807, 2.05) is 48.7 Å². The number of amidine groups is 1. The molecule has 0 bridgehead atoms. The Morgan fingerprint density at radius 3 is 2.73 bits per heavy atom. The number of aliphatic imine (C=N–C) groups is 1. The average molecular weight is 363 g/mol. The maximum atomic E-state index is 9.00. The molecule has 0 fully saturated rings. The molecule has 6 heteroatoms. The molecule has 0 saturated heterocycles. The molecular weight excluding hydrogens is 348 g/mol. The van der Waals surface area contributed by atoms with Crippen LogP contribution in [-0.2, 0) is 6.42 Å². The lowest BCUT2D eigenvalue weighted by molar-refractivity contribution is 0.531. The Morgan fingerprint density at radius 1 is 1.15 bits per heavy atom. The van der Waals surface area contributed by atoms with Gasteiger partial charge >= 0.3 is 6.02 Å². The molecule has 26 heavy (non-hydrogen) atoms. The average Bonchev–Trinajstić information content (AvgIpc) is 2.66. The van der Waals surface area contributed by atoms with Gasteiger partial charge in [-0.05, 0) is 41.5 Å². The smallest absolute Gasteiger partial charge is 0.309 e. The number of ether oxygens (including phenoxy) is 1. The molecular formula is C20H15ClN4O. The molecule has 0 unspecified atom stereocenters. The van der Waals surface area contributed by atoms with Crippen LogP contribution in [0.3, 0.4) is 0 Å². The normalized spacial score (nSPS) is 10.8. The summed E-state index contributed by atoms with van der Waals surface area (Å²) in [5, 5.41) is 12.0. The Bertz CT molecular complexity index is 937. The van der Waals surface area contributed by atoms with Crippen LogP contribution in [-0.4, -0.2) is 11.0 Å². The number of benzene rings is 2. The van der Waals surface area contributed by atoms with Crippen LogP contribution in [0.1, 0.15) is 11.1 Å². The van der Waals surface area contributed by atoms with Crippen molar-refractivity contribution >= 4 is 23.3 Å². The topological polar surface area (TPSA) is 70.3 Å². The molecule has 1 N–H and O–H groups in total. The molecule has 0 saturated carbocycles. The summed E-state index contributed by atoms with van der Waals surface area (Å²) in [5.74, 6) is 0.574. The van der Waals surface area contributed by atoms with Crippen molar-refractivity contribution in [2.75, 3.05) is 0 Å². The molecule has 0 amide bonds. The van der Waals surface area contributed by atoms with Gasteiger partial charge in [0.2, 0.25) is 0 Å². The van der Waals surface area contributed by atoms with Gasteiger partial charge in [0, 0.05) is 23.8 Å². The zero-order chi connectivity index (χ0) is 18.2. The fourth-order valence-corrected chi connectivity index (χ4v) is 2.51. The van der Waals surface area contributed by atoms with Crippen LogP contribution in [0.5, 0.6) is 5.75 Å². The summed E-state index contributed by atoms with van der Waals surface area (Å²) in [6, 6.07) is 18.5. The Balaban J connectivity index is 1.93. The summed E-state index contributed by atoms with van der Waals surface area (Å²) in [6.07, 6.45) is 6.01. The highest BCUT2D eigenvalue weighted by molar-refractivity contribution is 6.30. The second kappa shape index (κ2) is 8.65. The number of halogens is 1. The third kappa shape index (κ3) is 4.82. The molecule has 1 heterocycles. The second-order valence-electron chi connectivity index (χ2n) is 5.38. The van der Waals surface area contributed by atoms with Crippen molar-refractivity contribution in [3.63, 3.8) is 0 Å². The van der Waals surface area contributed by atoms with E-state index in [1.54, 1.807) is 30.6 Å². The van der Waals surface area contributed by atoms with E-state index in [1.165, 1.54) is 0 Å². The van der Waals surface area contributed by atoms with Gasteiger partial charge < -0.3 is 4.74 Å². The van der Waals surface area contributed by atoms with Crippen LogP contribution in [0.4, 0.5) is 5.69 Å². The van der Waals surface area contributed by atoms with Crippen molar-refractivity contribution in [3.05, 3.63) is 89.2 Å². The SMILES string of the molecule is N#CNC(=Nc1cc(Cl)ccc1Cc1cccnc1)Oc1ccccc1. The van der Waals surface area contributed by atoms with Gasteiger partial charge in [-0.1, -0.05) is 41.9 Å². The van der Waals surface area contributed by atoms with E-state index in [4.69, 9.17) is 21.6 Å². The van der Waals surface area contributed by atoms with E-state index in [0.29, 0.717) is 22.9 Å². The zero-order valence-corrected chi connectivity index (χ0v) is 14.5. The van der Waals surface area contributed by atoms with Crippen LogP contribution in [0.25, 0.3) is 0 Å². The highest BCUT2D eigenvalue weighted by Crippen LogP contribution is 2.26. The van der Waals surface area contributed by atoms with Gasteiger partial charge in [0.05, 0.1) is 5.69 Å². The van der Waals surface area contributed by atoms with E-state index in [0.717, 1.165) is 11.1 Å². The number of hydrogen-bond donors (Lipinski definition) is 1. The van der Waals surface area contributed by atoms with Gasteiger partial charge in [0.25, 0.3) is 0 Å². The number of nitrogens with zero attached hydrogens (tertiary/aromatic N) is 3. The Labute approximate surface area is 156 Å². The van der Waals surface area contributed by atoms with Gasteiger partial charge in [-0.2, -0.15) is 10.3 Å². The van der Waals surface area contributed by atoms with Crippen molar-refractivity contribution in [1.29, 1.82) is 5.26 Å². The maximum absolute atomic E-state index is 9.00. The quantitative estimate of drug-likeness (QED) is 0.322. The number of nitriles is 1. The minimum absolute atomic E-state index is 0.0772. The van der Waals surface area contributed by atoms with E-state index in [9.17, 15) is 0 Å². The van der Waals surface area contributed by atoms with Crippen molar-refractivity contribution in [1.82, 2.24) is 10.3 Å². The lowest BCUT2D eigenvalue weighted by atomic mass is 10.1. The van der Waals surface area contributed by atoms with Crippen molar-refractivity contribution in [3.8, 4) is 11.9 Å². The van der Waals surface area contributed by atoms with Gasteiger partial charge in [-0.25, -0.2) is 5.32 Å². The summed E-state index contributed by atoms with van der Waals surface area (Å²) < 4.78 is 5.66. The maximum Gasteiger partial charge on any atom is 0.309 e. The van der Waals surface area contributed by atoms with Gasteiger partial charge in [-0.3, -0.25) is 4.98 Å². The van der Waals surface area contributed by atoms with Crippen LogP contribution in [0.15, 0.2) is 78.0 Å². The molecule has 2 aromatic carbocycles. The summed E-state index contributed by atoms with van der Waals surface area (Å²) in [7, 11) is 0. The highest BCUT2D eigenvalue weighted by Gasteiger charge is 2.08. The summed E-state index contributed by atoms with van der Waals surface area (Å²) in [6.45, 7) is 0. The minimum Gasteiger partial charge on any atom is -0.425 e. The molecule has 128 valence electrons. The number of aromatic nitrogens is 1. The number of hydrogen-bond acceptors (Lipinski definition) is 4. The Hall–Kier alpha value is -3.36. The first-order valence-corrected chi connectivity index (χ1v) is 8.26. The molecule has 0 spiro atoms. The molecule has 3 rings (SSSR count). The highest BCUT2D eigenvalue weighted by atomic mass is 35.5. The molecule has 0 aliphatic rings. The van der Waals surface area contributed by atoms with Gasteiger partial charge in [0.15, 0.2) is 6.19 Å². The lowest BCUT2D eigenvalue weighted by Gasteiger charge is -2.10. The summed E-state index contributed by atoms with van der Waals surface area (Å²) >= 11 is 6.13. The number of rotatable bonds is 4. The van der Waals surface area contributed by atoms with Crippen LogP contribution in [0.2, 0.25) is 5.02 Å². The first-order valence-electron chi connectivity index (χ1n) is 7.88. The minimum atomic E-state index is 0.0772. The predicted octanol–water partition coefficient (Wildman–Crippen LogP) is 4.46. The lowest BCUT2D eigenvalue weighted by Crippen LogP contribution is -2.24. The van der Waals surface area contributed by atoms with Crippen LogP contribution < -0.4 is 10.1 Å². The number of nitrogens with one attached hydrogen (secondary N) is 1. The molecule has 0 aliphatic heterocycles. The third-order valence-electron chi connectivity index (χ3n) is 3.51. The van der Waals surface area contributed by atoms with E-state index >= 15 is 0 Å². The molecule has 0 atom stereocenters. The van der Waals surface area contributed by atoms with Crippen molar-refractivity contribution in [2.45, 2.75) is 6.42 Å². The largest absolute Gasteiger partial charge is 0.425 e. The second-order valence-corrected chi connectivity index (χ2v) is 5.82. The Morgan fingerprint density at radius 2 is 2.00 bits per heavy atom. The fraction of sp³-hybridized carbons (Fsp3) is 0.0500. The molecule has 1 aromatic heterocycles. The van der Waals surface area contributed by atoms with E-state index in [-0.39, 0.29) is 6.02 Å². The Kier molecular flexibility index (Phi) is 5.81. The molecule has 3 aromatic rings. The first-order chi connectivity index (χ1) is 12.7. The molecule has 5 nitrogen and oxygen atoms in total. The van der Waals surface area contributed by atoms with Crippen molar-refractivity contribution < 1.29 is 4.74 Å². The van der Waals surface area contributed by atoms with Crippen molar-refractivity contribution in [2.24, 2.45) is 4.99 Å². The fourth-order valence-electron chi connectivity index (χ4n) is 2.35. The van der Waals surface area contributed by atoms with Crippen LogP contribution >= 0.6 is 11.6 Å². The first kappa shape index (κ1) is 17.5. The van der Waals surface area contributed by atoms with Gasteiger partial charge in [0.1, 0.15) is 5.75 Å². The number of pyridine rings is 1. The number of para-hydroxylation sites is 1. The van der Waals surface area contributed by atoms with Crippen LogP contribution in [0, 0.1) is 11.5 Å². The molecule has 0 aliphatic carbocycles. The van der Waals surface area contributed by atoms with E-state index in [2.05, 4.69) is 15.3 Å². The predicted molar refractivity (Wildman–Crippen MR) is 101 cm³/mol. The van der Waals surface area contributed by atoms with Gasteiger partial charge in [-0.15, -0.1) is 0 Å². The zero-order valence-electron chi connectivity index (χ0n) is 13.8. The summed E-state index contributed by atoms with van der Waals surface area (Å²) in [5.41, 5.74) is 2.61. The molecule has 0 radical (unpaired) electrons. The van der Waals surface area contributed by atoms with E-state index < -0.39 is 0 Å². The standard InChI is InChI=1S/C20H15ClN4O/c21-17-9-8-16(11-15-5-4-10-23-13-15)19(12-17)25-20(24-14-22)26-18-6-2-1-3-7-18/h1-10,12-13H,11H2,(H,24,25).